The summed E-state index contributed by atoms with van der Waals surface area (Å²) >= 11 is 0. The maximum Gasteiger partial charge on any atom is 0.224 e. The first-order chi connectivity index (χ1) is 9.11. The van der Waals surface area contributed by atoms with Crippen LogP contribution >= 0.6 is 0 Å². The standard InChI is InChI=1S/C13H22FN5/c1-4-5-15-13-16-8-11(14)12(17-13)19-7-6-18(3)9-10(19)2/h8,10H,4-7,9H2,1-3H3,(H,15,16,17). The largest absolute Gasteiger partial charge is 0.354 e. The number of anilines is 2. The van der Waals surface area contributed by atoms with E-state index in [0.717, 1.165) is 32.6 Å². The van der Waals surface area contributed by atoms with Crippen LogP contribution in [0.3, 0.4) is 0 Å². The lowest BCUT2D eigenvalue weighted by Gasteiger charge is -2.39. The van der Waals surface area contributed by atoms with Crippen LogP contribution in [0.2, 0.25) is 0 Å². The van der Waals surface area contributed by atoms with Crippen molar-refractivity contribution in [1.29, 1.82) is 0 Å². The third-order valence-corrected chi connectivity index (χ3v) is 3.36. The molecule has 0 aliphatic carbocycles. The molecule has 1 aliphatic heterocycles. The molecule has 0 aromatic carbocycles. The lowest BCUT2D eigenvalue weighted by atomic mass is 10.2. The Bertz CT molecular complexity index is 425. The molecule has 0 saturated carbocycles. The van der Waals surface area contributed by atoms with Crippen molar-refractivity contribution in [2.24, 2.45) is 0 Å². The van der Waals surface area contributed by atoms with Crippen LogP contribution in [0.5, 0.6) is 0 Å². The molecule has 2 heterocycles. The molecular weight excluding hydrogens is 245 g/mol. The molecule has 0 amide bonds. The van der Waals surface area contributed by atoms with Crippen LogP contribution in [0.25, 0.3) is 0 Å². The Balaban J connectivity index is 2.18. The zero-order valence-electron chi connectivity index (χ0n) is 11.9. The Morgan fingerprint density at radius 2 is 2.26 bits per heavy atom. The lowest BCUT2D eigenvalue weighted by Crippen LogP contribution is -2.51. The van der Waals surface area contributed by atoms with E-state index < -0.39 is 0 Å². The van der Waals surface area contributed by atoms with Crippen LogP contribution in [0.1, 0.15) is 20.3 Å². The summed E-state index contributed by atoms with van der Waals surface area (Å²) in [5, 5.41) is 3.10. The first-order valence-corrected chi connectivity index (χ1v) is 6.83. The minimum Gasteiger partial charge on any atom is -0.354 e. The van der Waals surface area contributed by atoms with Crippen molar-refractivity contribution in [2.45, 2.75) is 26.3 Å². The smallest absolute Gasteiger partial charge is 0.224 e. The average molecular weight is 267 g/mol. The zero-order chi connectivity index (χ0) is 13.8. The quantitative estimate of drug-likeness (QED) is 0.897. The van der Waals surface area contributed by atoms with Gasteiger partial charge in [-0.05, 0) is 20.4 Å². The highest BCUT2D eigenvalue weighted by Crippen LogP contribution is 2.22. The topological polar surface area (TPSA) is 44.3 Å². The van der Waals surface area contributed by atoms with Crippen molar-refractivity contribution in [2.75, 3.05) is 43.4 Å². The second-order valence-corrected chi connectivity index (χ2v) is 5.10. The highest BCUT2D eigenvalue weighted by Gasteiger charge is 2.25. The fraction of sp³-hybridized carbons (Fsp3) is 0.692. The van der Waals surface area contributed by atoms with Crippen LogP contribution in [-0.4, -0.2) is 54.1 Å². The molecule has 1 unspecified atom stereocenters. The molecular formula is C13H22FN5. The van der Waals surface area contributed by atoms with E-state index >= 15 is 0 Å². The highest BCUT2D eigenvalue weighted by atomic mass is 19.1. The molecule has 1 fully saturated rings. The summed E-state index contributed by atoms with van der Waals surface area (Å²) < 4.78 is 13.9. The molecule has 1 aliphatic rings. The molecule has 1 atom stereocenters. The number of aromatic nitrogens is 2. The van der Waals surface area contributed by atoms with Gasteiger partial charge in [0.1, 0.15) is 0 Å². The van der Waals surface area contributed by atoms with E-state index in [2.05, 4.69) is 41.1 Å². The summed E-state index contributed by atoms with van der Waals surface area (Å²) in [7, 11) is 2.08. The van der Waals surface area contributed by atoms with Gasteiger partial charge in [-0.1, -0.05) is 6.92 Å². The molecule has 1 aromatic rings. The predicted molar refractivity (Wildman–Crippen MR) is 75.1 cm³/mol. The normalized spacial score (nSPS) is 20.6. The molecule has 1 saturated heterocycles. The molecule has 6 heteroatoms. The number of rotatable bonds is 4. The second-order valence-electron chi connectivity index (χ2n) is 5.10. The Hall–Kier alpha value is -1.43. The first-order valence-electron chi connectivity index (χ1n) is 6.83. The lowest BCUT2D eigenvalue weighted by molar-refractivity contribution is 0.273. The molecule has 5 nitrogen and oxygen atoms in total. The van der Waals surface area contributed by atoms with E-state index in [1.165, 1.54) is 6.20 Å². The Labute approximate surface area is 113 Å². The van der Waals surface area contributed by atoms with Crippen LogP contribution < -0.4 is 10.2 Å². The van der Waals surface area contributed by atoms with Crippen molar-refractivity contribution in [3.63, 3.8) is 0 Å². The Morgan fingerprint density at radius 3 is 2.95 bits per heavy atom. The third-order valence-electron chi connectivity index (χ3n) is 3.36. The molecule has 0 spiro atoms. The SMILES string of the molecule is CCCNc1ncc(F)c(N2CCN(C)CC2C)n1. The van der Waals surface area contributed by atoms with Gasteiger partial charge in [0.05, 0.1) is 6.20 Å². The fourth-order valence-electron chi connectivity index (χ4n) is 2.34. The Morgan fingerprint density at radius 1 is 1.47 bits per heavy atom. The summed E-state index contributed by atoms with van der Waals surface area (Å²) in [5.41, 5.74) is 0. The van der Waals surface area contributed by atoms with Gasteiger partial charge < -0.3 is 15.1 Å². The van der Waals surface area contributed by atoms with Crippen LogP contribution in [0, 0.1) is 5.82 Å². The summed E-state index contributed by atoms with van der Waals surface area (Å²) in [4.78, 5) is 12.6. The second kappa shape index (κ2) is 6.14. The number of hydrogen-bond donors (Lipinski definition) is 1. The van der Waals surface area contributed by atoms with Gasteiger partial charge in [0, 0.05) is 32.2 Å². The van der Waals surface area contributed by atoms with Crippen molar-refractivity contribution in [1.82, 2.24) is 14.9 Å². The van der Waals surface area contributed by atoms with E-state index in [1.54, 1.807) is 0 Å². The van der Waals surface area contributed by atoms with Crippen molar-refractivity contribution in [3.8, 4) is 0 Å². The van der Waals surface area contributed by atoms with Gasteiger partial charge in [0.25, 0.3) is 0 Å². The summed E-state index contributed by atoms with van der Waals surface area (Å²) in [6.07, 6.45) is 2.24. The van der Waals surface area contributed by atoms with Gasteiger partial charge in [-0.3, -0.25) is 0 Å². The highest BCUT2D eigenvalue weighted by molar-refractivity contribution is 5.45. The average Bonchev–Trinajstić information content (AvgIpc) is 2.38. The van der Waals surface area contributed by atoms with Crippen molar-refractivity contribution in [3.05, 3.63) is 12.0 Å². The first kappa shape index (κ1) is 14.0. The molecule has 0 radical (unpaired) electrons. The van der Waals surface area contributed by atoms with Gasteiger partial charge in [-0.15, -0.1) is 0 Å². The predicted octanol–water partition coefficient (Wildman–Crippen LogP) is 1.58. The number of halogens is 1. The van der Waals surface area contributed by atoms with Gasteiger partial charge in [-0.2, -0.15) is 4.98 Å². The van der Waals surface area contributed by atoms with E-state index in [0.29, 0.717) is 11.8 Å². The van der Waals surface area contributed by atoms with Crippen LogP contribution in [0.4, 0.5) is 16.2 Å². The van der Waals surface area contributed by atoms with E-state index in [9.17, 15) is 4.39 Å². The summed E-state index contributed by atoms with van der Waals surface area (Å²) in [6, 6.07) is 0.252. The number of likely N-dealkylation sites (N-methyl/N-ethyl adjacent to an activating group) is 1. The number of piperazine rings is 1. The van der Waals surface area contributed by atoms with E-state index in [1.807, 2.05) is 4.90 Å². The maximum atomic E-state index is 13.9. The fourth-order valence-corrected chi connectivity index (χ4v) is 2.34. The molecule has 106 valence electrons. The number of hydrogen-bond acceptors (Lipinski definition) is 5. The minimum absolute atomic E-state index is 0.252. The third kappa shape index (κ3) is 3.32. The van der Waals surface area contributed by atoms with Crippen molar-refractivity contribution < 1.29 is 4.39 Å². The van der Waals surface area contributed by atoms with E-state index in [4.69, 9.17) is 0 Å². The minimum atomic E-state index is -0.349. The molecule has 0 bridgehead atoms. The number of nitrogens with one attached hydrogen (secondary N) is 1. The molecule has 2 rings (SSSR count). The molecule has 19 heavy (non-hydrogen) atoms. The van der Waals surface area contributed by atoms with E-state index in [-0.39, 0.29) is 11.9 Å². The van der Waals surface area contributed by atoms with Crippen LogP contribution in [-0.2, 0) is 0 Å². The maximum absolute atomic E-state index is 13.9. The van der Waals surface area contributed by atoms with Crippen molar-refractivity contribution >= 4 is 11.8 Å². The molecule has 1 N–H and O–H groups in total. The van der Waals surface area contributed by atoms with Crippen LogP contribution in [0.15, 0.2) is 6.20 Å². The zero-order valence-corrected chi connectivity index (χ0v) is 11.9. The Kier molecular flexibility index (Phi) is 4.52. The monoisotopic (exact) mass is 267 g/mol. The molecule has 1 aromatic heterocycles. The number of nitrogens with zero attached hydrogens (tertiary/aromatic N) is 4. The van der Waals surface area contributed by atoms with Gasteiger partial charge in [-0.25, -0.2) is 9.37 Å². The van der Waals surface area contributed by atoms with Gasteiger partial charge in [0.2, 0.25) is 5.95 Å². The van der Waals surface area contributed by atoms with Gasteiger partial charge >= 0.3 is 0 Å². The van der Waals surface area contributed by atoms with Gasteiger partial charge in [0.15, 0.2) is 11.6 Å². The summed E-state index contributed by atoms with van der Waals surface area (Å²) in [6.45, 7) is 7.59. The summed E-state index contributed by atoms with van der Waals surface area (Å²) in [5.74, 6) is 0.567.